The fraction of sp³-hybridized carbons (Fsp3) is 0.500. The van der Waals surface area contributed by atoms with Gasteiger partial charge in [-0.25, -0.2) is 9.59 Å². The molecule has 2 unspecified atom stereocenters. The predicted molar refractivity (Wildman–Crippen MR) is 116 cm³/mol. The zero-order chi connectivity index (χ0) is 23.1. The van der Waals surface area contributed by atoms with Crippen molar-refractivity contribution in [3.05, 3.63) is 22.8 Å². The van der Waals surface area contributed by atoms with E-state index in [1.807, 2.05) is 0 Å². The number of amides is 1. The minimum absolute atomic E-state index is 0.117. The summed E-state index contributed by atoms with van der Waals surface area (Å²) < 4.78 is 15.4. The van der Waals surface area contributed by atoms with Crippen LogP contribution in [0.15, 0.2) is 11.1 Å². The molecule has 1 aromatic rings. The number of benzene rings is 1. The largest absolute Gasteiger partial charge is 0.507 e. The van der Waals surface area contributed by atoms with Crippen molar-refractivity contribution in [1.82, 2.24) is 10.6 Å². The second-order valence-electron chi connectivity index (χ2n) is 6.71. The van der Waals surface area contributed by atoms with E-state index >= 15 is 0 Å². The highest BCUT2D eigenvalue weighted by atomic mass is 32.2. The van der Waals surface area contributed by atoms with Gasteiger partial charge in [0.05, 0.1) is 32.0 Å². The SMILES string of the molecule is CN=C(C)NC1SCC(C(=O)OC)NC(=O)CCOC(=O)c2c(C)c(OC)cc(O)c21. The number of cyclic esters (lactones) is 1. The Kier molecular flexibility index (Phi) is 8.55. The highest BCUT2D eigenvalue weighted by molar-refractivity contribution is 7.99. The molecule has 170 valence electrons. The van der Waals surface area contributed by atoms with Crippen LogP contribution in [-0.4, -0.2) is 68.5 Å². The lowest BCUT2D eigenvalue weighted by atomic mass is 9.99. The van der Waals surface area contributed by atoms with Gasteiger partial charge in [-0.15, -0.1) is 11.8 Å². The minimum Gasteiger partial charge on any atom is -0.507 e. The number of phenols is 1. The van der Waals surface area contributed by atoms with E-state index in [-0.39, 0.29) is 35.7 Å². The number of ether oxygens (including phenoxy) is 3. The number of esters is 2. The molecule has 2 atom stereocenters. The van der Waals surface area contributed by atoms with Crippen LogP contribution in [0.3, 0.4) is 0 Å². The van der Waals surface area contributed by atoms with Crippen molar-refractivity contribution < 1.29 is 33.7 Å². The molecule has 1 heterocycles. The number of carbonyl (C=O) groups excluding carboxylic acids is 3. The lowest BCUT2D eigenvalue weighted by Gasteiger charge is -2.27. The highest BCUT2D eigenvalue weighted by Crippen LogP contribution is 2.41. The number of amidine groups is 1. The van der Waals surface area contributed by atoms with Crippen molar-refractivity contribution in [3.8, 4) is 11.5 Å². The molecule has 1 aliphatic rings. The van der Waals surface area contributed by atoms with Crippen molar-refractivity contribution in [2.75, 3.05) is 33.6 Å². The number of fused-ring (bicyclic) bond motifs is 1. The topological polar surface area (TPSA) is 136 Å². The van der Waals surface area contributed by atoms with Crippen molar-refractivity contribution in [3.63, 3.8) is 0 Å². The average molecular weight is 454 g/mol. The van der Waals surface area contributed by atoms with E-state index < -0.39 is 29.3 Å². The van der Waals surface area contributed by atoms with Gasteiger partial charge in [-0.1, -0.05) is 0 Å². The predicted octanol–water partition coefficient (Wildman–Crippen LogP) is 1.30. The van der Waals surface area contributed by atoms with E-state index in [0.29, 0.717) is 17.1 Å². The van der Waals surface area contributed by atoms with Crippen LogP contribution < -0.4 is 15.4 Å². The Bertz CT molecular complexity index is 888. The van der Waals surface area contributed by atoms with E-state index in [1.54, 1.807) is 20.9 Å². The first-order valence-corrected chi connectivity index (χ1v) is 10.5. The third kappa shape index (κ3) is 5.81. The number of aromatic hydroxyl groups is 1. The van der Waals surface area contributed by atoms with Crippen LogP contribution in [0.25, 0.3) is 0 Å². The molecule has 11 heteroatoms. The van der Waals surface area contributed by atoms with Gasteiger partial charge in [0, 0.05) is 30.0 Å². The number of nitrogens with one attached hydrogen (secondary N) is 2. The first-order chi connectivity index (χ1) is 14.7. The summed E-state index contributed by atoms with van der Waals surface area (Å²) in [4.78, 5) is 41.4. The van der Waals surface area contributed by atoms with Crippen molar-refractivity contribution in [2.45, 2.75) is 31.7 Å². The van der Waals surface area contributed by atoms with E-state index in [0.717, 1.165) is 0 Å². The van der Waals surface area contributed by atoms with Crippen molar-refractivity contribution >= 4 is 35.4 Å². The fourth-order valence-electron chi connectivity index (χ4n) is 3.03. The van der Waals surface area contributed by atoms with Crippen LogP contribution in [-0.2, 0) is 19.1 Å². The molecule has 1 aromatic carbocycles. The molecule has 0 saturated carbocycles. The smallest absolute Gasteiger partial charge is 0.339 e. The van der Waals surface area contributed by atoms with Gasteiger partial charge < -0.3 is 30.0 Å². The fourth-order valence-corrected chi connectivity index (χ4v) is 4.30. The zero-order valence-corrected chi connectivity index (χ0v) is 18.9. The van der Waals surface area contributed by atoms with Gasteiger partial charge in [-0.05, 0) is 13.8 Å². The summed E-state index contributed by atoms with van der Waals surface area (Å²) in [5, 5.41) is 15.8. The molecule has 0 saturated heterocycles. The molecular weight excluding hydrogens is 426 g/mol. The van der Waals surface area contributed by atoms with Gasteiger partial charge in [0.1, 0.15) is 29.5 Å². The zero-order valence-electron chi connectivity index (χ0n) is 18.1. The molecule has 0 radical (unpaired) electrons. The van der Waals surface area contributed by atoms with Crippen LogP contribution in [0.2, 0.25) is 0 Å². The van der Waals surface area contributed by atoms with Crippen LogP contribution in [0.5, 0.6) is 11.5 Å². The van der Waals surface area contributed by atoms with Crippen molar-refractivity contribution in [1.29, 1.82) is 0 Å². The summed E-state index contributed by atoms with van der Waals surface area (Å²) in [5.41, 5.74) is 0.873. The summed E-state index contributed by atoms with van der Waals surface area (Å²) in [6.45, 7) is 3.20. The number of hydrogen-bond acceptors (Lipinski definition) is 9. The maximum absolute atomic E-state index is 12.9. The minimum atomic E-state index is -0.925. The number of methoxy groups -OCH3 is 2. The first kappa shape index (κ1) is 24.3. The number of thioether (sulfide) groups is 1. The summed E-state index contributed by atoms with van der Waals surface area (Å²) in [7, 11) is 4.25. The molecule has 3 N–H and O–H groups in total. The molecular formula is C20H27N3O7S. The molecule has 31 heavy (non-hydrogen) atoms. The third-order valence-electron chi connectivity index (χ3n) is 4.73. The number of aliphatic imine (C=N–C) groups is 1. The van der Waals surface area contributed by atoms with E-state index in [4.69, 9.17) is 14.2 Å². The van der Waals surface area contributed by atoms with Crippen LogP contribution in [0.1, 0.15) is 40.2 Å². The first-order valence-electron chi connectivity index (χ1n) is 9.49. The Hall–Kier alpha value is -2.95. The lowest BCUT2D eigenvalue weighted by molar-refractivity contribution is -0.144. The summed E-state index contributed by atoms with van der Waals surface area (Å²) in [6, 6.07) is 0.492. The summed E-state index contributed by atoms with van der Waals surface area (Å²) in [6.07, 6.45) is -0.127. The molecule has 10 nitrogen and oxygen atoms in total. The molecule has 0 aromatic heterocycles. The third-order valence-corrected chi connectivity index (χ3v) is 5.94. The molecule has 0 aliphatic carbocycles. The van der Waals surface area contributed by atoms with Gasteiger partial charge in [0.2, 0.25) is 5.91 Å². The Balaban J connectivity index is 2.63. The second-order valence-corrected chi connectivity index (χ2v) is 7.85. The van der Waals surface area contributed by atoms with Gasteiger partial charge in [-0.2, -0.15) is 0 Å². The van der Waals surface area contributed by atoms with Gasteiger partial charge in [-0.3, -0.25) is 9.79 Å². The normalized spacial score (nSPS) is 20.4. The number of nitrogens with zero attached hydrogens (tertiary/aromatic N) is 1. The Morgan fingerprint density at radius 3 is 2.71 bits per heavy atom. The van der Waals surface area contributed by atoms with E-state index in [2.05, 4.69) is 15.6 Å². The molecule has 0 spiro atoms. The molecule has 0 fully saturated rings. The number of carbonyl (C=O) groups is 3. The molecule has 1 amide bonds. The molecule has 0 bridgehead atoms. The van der Waals surface area contributed by atoms with Gasteiger partial charge in [0.25, 0.3) is 0 Å². The maximum Gasteiger partial charge on any atom is 0.339 e. The second kappa shape index (κ2) is 10.9. The lowest BCUT2D eigenvalue weighted by Crippen LogP contribution is -2.44. The monoisotopic (exact) mass is 453 g/mol. The van der Waals surface area contributed by atoms with E-state index in [1.165, 1.54) is 32.0 Å². The van der Waals surface area contributed by atoms with Gasteiger partial charge in [0.15, 0.2) is 0 Å². The number of hydrogen-bond donors (Lipinski definition) is 3. The number of rotatable bonds is 3. The Morgan fingerprint density at radius 2 is 2.10 bits per heavy atom. The quantitative estimate of drug-likeness (QED) is 0.351. The number of phenolic OH excluding ortho intramolecular Hbond substituents is 1. The molecule has 2 rings (SSSR count). The van der Waals surface area contributed by atoms with Crippen LogP contribution in [0.4, 0.5) is 0 Å². The average Bonchev–Trinajstić information content (AvgIpc) is 2.74. The van der Waals surface area contributed by atoms with Crippen LogP contribution >= 0.6 is 11.8 Å². The Labute approximate surface area is 184 Å². The highest BCUT2D eigenvalue weighted by Gasteiger charge is 2.32. The Morgan fingerprint density at radius 1 is 1.39 bits per heavy atom. The maximum atomic E-state index is 12.9. The summed E-state index contributed by atoms with van der Waals surface area (Å²) >= 11 is 1.20. The van der Waals surface area contributed by atoms with Crippen molar-refractivity contribution in [2.24, 2.45) is 4.99 Å². The van der Waals surface area contributed by atoms with Crippen LogP contribution in [0, 0.1) is 6.92 Å². The van der Waals surface area contributed by atoms with Gasteiger partial charge >= 0.3 is 11.9 Å². The van der Waals surface area contributed by atoms with E-state index in [9.17, 15) is 19.5 Å². The molecule has 1 aliphatic heterocycles. The summed E-state index contributed by atoms with van der Waals surface area (Å²) in [5.74, 6) is -0.968. The standard InChI is InChI=1S/C20H27N3O7S/c1-10-14(28-4)8-13(24)17-16(10)20(27)30-7-6-15(25)23-12(19(26)29-5)9-31-18(17)22-11(2)21-3/h8,12,18,24H,6-7,9H2,1-5H3,(H,21,22)(H,23,25).